The third-order valence-electron chi connectivity index (χ3n) is 3.82. The van der Waals surface area contributed by atoms with E-state index in [1.165, 1.54) is 0 Å². The third kappa shape index (κ3) is 4.18. The van der Waals surface area contributed by atoms with E-state index in [-0.39, 0.29) is 5.91 Å². The molecule has 0 aliphatic heterocycles. The van der Waals surface area contributed by atoms with Crippen LogP contribution in [-0.2, 0) is 0 Å². The van der Waals surface area contributed by atoms with E-state index in [0.29, 0.717) is 28.0 Å². The fraction of sp³-hybridized carbons (Fsp3) is 0.150. The Morgan fingerprint density at radius 2 is 1.77 bits per heavy atom. The molecule has 1 aromatic heterocycles. The minimum Gasteiger partial charge on any atom is -0.327 e. The summed E-state index contributed by atoms with van der Waals surface area (Å²) in [6.07, 6.45) is 0. The number of nitrogens with one attached hydrogen (secondary N) is 1. The number of para-hydroxylation sites is 1. The molecular formula is C20H19ClN4O. The van der Waals surface area contributed by atoms with Crippen molar-refractivity contribution in [2.75, 3.05) is 16.8 Å². The molecule has 0 saturated carbocycles. The van der Waals surface area contributed by atoms with E-state index >= 15 is 0 Å². The van der Waals surface area contributed by atoms with Gasteiger partial charge in [-0.25, -0.2) is 9.97 Å². The Labute approximate surface area is 157 Å². The van der Waals surface area contributed by atoms with Crippen LogP contribution < -0.4 is 10.2 Å². The van der Waals surface area contributed by atoms with Gasteiger partial charge in [-0.1, -0.05) is 29.8 Å². The monoisotopic (exact) mass is 366 g/mol. The van der Waals surface area contributed by atoms with Crippen molar-refractivity contribution in [1.82, 2.24) is 9.97 Å². The molecule has 132 valence electrons. The van der Waals surface area contributed by atoms with Gasteiger partial charge in [-0.15, -0.1) is 0 Å². The second-order valence-corrected chi connectivity index (χ2v) is 6.14. The maximum absolute atomic E-state index is 12.6. The van der Waals surface area contributed by atoms with E-state index < -0.39 is 0 Å². The predicted molar refractivity (Wildman–Crippen MR) is 105 cm³/mol. The van der Waals surface area contributed by atoms with Crippen LogP contribution in [0.1, 0.15) is 23.2 Å². The van der Waals surface area contributed by atoms with Gasteiger partial charge in [0.05, 0.1) is 0 Å². The first kappa shape index (κ1) is 17.9. The van der Waals surface area contributed by atoms with E-state index in [1.807, 2.05) is 42.2 Å². The Morgan fingerprint density at radius 1 is 1.08 bits per heavy atom. The second-order valence-electron chi connectivity index (χ2n) is 5.70. The summed E-state index contributed by atoms with van der Waals surface area (Å²) in [5.74, 6) is 0.939. The molecule has 0 saturated heterocycles. The number of hydrogen-bond acceptors (Lipinski definition) is 4. The topological polar surface area (TPSA) is 58.1 Å². The van der Waals surface area contributed by atoms with Crippen LogP contribution in [0.3, 0.4) is 0 Å². The summed E-state index contributed by atoms with van der Waals surface area (Å²) in [6.45, 7) is 4.54. The van der Waals surface area contributed by atoms with E-state index in [4.69, 9.17) is 11.6 Å². The predicted octanol–water partition coefficient (Wildman–Crippen LogP) is 4.85. The van der Waals surface area contributed by atoms with Gasteiger partial charge in [-0.3, -0.25) is 4.79 Å². The Hall–Kier alpha value is -2.92. The van der Waals surface area contributed by atoms with E-state index in [1.54, 1.807) is 37.3 Å². The number of aromatic nitrogens is 2. The highest BCUT2D eigenvalue weighted by molar-refractivity contribution is 6.30. The summed E-state index contributed by atoms with van der Waals surface area (Å²) in [5, 5.41) is 3.45. The van der Waals surface area contributed by atoms with Gasteiger partial charge in [0, 0.05) is 29.0 Å². The number of anilines is 3. The van der Waals surface area contributed by atoms with Crippen LogP contribution in [0.5, 0.6) is 0 Å². The summed E-state index contributed by atoms with van der Waals surface area (Å²) in [7, 11) is 0. The van der Waals surface area contributed by atoms with Crippen molar-refractivity contribution in [2.45, 2.75) is 13.8 Å². The number of rotatable bonds is 5. The molecule has 1 N–H and O–H groups in total. The van der Waals surface area contributed by atoms with Gasteiger partial charge in [-0.2, -0.15) is 0 Å². The summed E-state index contributed by atoms with van der Waals surface area (Å²) in [4.78, 5) is 23.4. The summed E-state index contributed by atoms with van der Waals surface area (Å²) in [5.41, 5.74) is 1.99. The Balaban J connectivity index is 1.89. The normalized spacial score (nSPS) is 10.4. The largest absolute Gasteiger partial charge is 0.327 e. The number of halogens is 1. The van der Waals surface area contributed by atoms with Gasteiger partial charge >= 0.3 is 0 Å². The number of amides is 1. The lowest BCUT2D eigenvalue weighted by atomic mass is 10.2. The summed E-state index contributed by atoms with van der Waals surface area (Å²) >= 11 is 5.88. The highest BCUT2D eigenvalue weighted by Gasteiger charge is 2.15. The van der Waals surface area contributed by atoms with Crippen LogP contribution in [0.4, 0.5) is 17.2 Å². The Morgan fingerprint density at radius 3 is 2.42 bits per heavy atom. The van der Waals surface area contributed by atoms with Gasteiger partial charge < -0.3 is 10.2 Å². The highest BCUT2D eigenvalue weighted by atomic mass is 35.5. The first-order chi connectivity index (χ1) is 12.6. The molecule has 0 fully saturated rings. The second kappa shape index (κ2) is 7.97. The first-order valence-electron chi connectivity index (χ1n) is 8.32. The number of carbonyl (C=O) groups is 1. The number of nitrogens with zero attached hydrogens (tertiary/aromatic N) is 3. The Bertz CT molecular complexity index is 897. The molecule has 0 radical (unpaired) electrons. The van der Waals surface area contributed by atoms with Crippen LogP contribution in [0.15, 0.2) is 60.7 Å². The van der Waals surface area contributed by atoms with Crippen LogP contribution in [0.2, 0.25) is 5.02 Å². The van der Waals surface area contributed by atoms with E-state index in [9.17, 15) is 4.79 Å². The molecule has 3 rings (SSSR count). The van der Waals surface area contributed by atoms with Gasteiger partial charge in [0.1, 0.15) is 17.3 Å². The molecule has 26 heavy (non-hydrogen) atoms. The number of carbonyl (C=O) groups excluding carboxylic acids is 1. The van der Waals surface area contributed by atoms with Gasteiger partial charge in [0.15, 0.2) is 0 Å². The average molecular weight is 367 g/mol. The van der Waals surface area contributed by atoms with E-state index in [2.05, 4.69) is 15.3 Å². The molecule has 5 nitrogen and oxygen atoms in total. The lowest BCUT2D eigenvalue weighted by molar-refractivity contribution is 0.102. The van der Waals surface area contributed by atoms with Crippen molar-refractivity contribution in [1.29, 1.82) is 0 Å². The van der Waals surface area contributed by atoms with Crippen molar-refractivity contribution in [3.63, 3.8) is 0 Å². The molecule has 0 bridgehead atoms. The Kier molecular flexibility index (Phi) is 5.49. The molecule has 0 aliphatic carbocycles. The number of hydrogen-bond donors (Lipinski definition) is 1. The van der Waals surface area contributed by atoms with Crippen LogP contribution in [0, 0.1) is 6.92 Å². The minimum atomic E-state index is -0.289. The lowest BCUT2D eigenvalue weighted by Gasteiger charge is -2.22. The van der Waals surface area contributed by atoms with Crippen molar-refractivity contribution in [2.24, 2.45) is 0 Å². The summed E-state index contributed by atoms with van der Waals surface area (Å²) in [6, 6.07) is 18.6. The molecular weight excluding hydrogens is 348 g/mol. The first-order valence-corrected chi connectivity index (χ1v) is 8.70. The van der Waals surface area contributed by atoms with Crippen molar-refractivity contribution >= 4 is 34.7 Å². The van der Waals surface area contributed by atoms with Crippen LogP contribution >= 0.6 is 11.6 Å². The minimum absolute atomic E-state index is 0.289. The zero-order chi connectivity index (χ0) is 18.5. The van der Waals surface area contributed by atoms with Crippen molar-refractivity contribution in [3.8, 4) is 0 Å². The molecule has 0 unspecified atom stereocenters. The highest BCUT2D eigenvalue weighted by Crippen LogP contribution is 2.24. The SMILES string of the molecule is CCN(c1ccccc1)c1cc(C(=O)Nc2ccc(Cl)cc2)nc(C)n1. The van der Waals surface area contributed by atoms with Gasteiger partial charge in [0.25, 0.3) is 5.91 Å². The molecule has 1 amide bonds. The maximum Gasteiger partial charge on any atom is 0.274 e. The summed E-state index contributed by atoms with van der Waals surface area (Å²) < 4.78 is 0. The van der Waals surface area contributed by atoms with Gasteiger partial charge in [0.2, 0.25) is 0 Å². The molecule has 3 aromatic rings. The van der Waals surface area contributed by atoms with Crippen molar-refractivity contribution in [3.05, 3.63) is 77.2 Å². The fourth-order valence-electron chi connectivity index (χ4n) is 2.62. The smallest absolute Gasteiger partial charge is 0.274 e. The lowest BCUT2D eigenvalue weighted by Crippen LogP contribution is -2.21. The molecule has 2 aromatic carbocycles. The molecule has 6 heteroatoms. The molecule has 0 spiro atoms. The zero-order valence-corrected chi connectivity index (χ0v) is 15.4. The molecule has 0 aliphatic rings. The van der Waals surface area contributed by atoms with E-state index in [0.717, 1.165) is 12.2 Å². The quantitative estimate of drug-likeness (QED) is 0.701. The third-order valence-corrected chi connectivity index (χ3v) is 4.07. The zero-order valence-electron chi connectivity index (χ0n) is 14.6. The number of aryl methyl sites for hydroxylation is 1. The van der Waals surface area contributed by atoms with Crippen LogP contribution in [-0.4, -0.2) is 22.4 Å². The standard InChI is InChI=1S/C20H19ClN4O/c1-3-25(17-7-5-4-6-8-17)19-13-18(22-14(2)23-19)20(26)24-16-11-9-15(21)10-12-16/h4-13H,3H2,1-2H3,(H,24,26). The maximum atomic E-state index is 12.6. The molecule has 1 heterocycles. The fourth-order valence-corrected chi connectivity index (χ4v) is 2.75. The van der Waals surface area contributed by atoms with Crippen LogP contribution in [0.25, 0.3) is 0 Å². The molecule has 0 atom stereocenters. The van der Waals surface area contributed by atoms with Gasteiger partial charge in [-0.05, 0) is 50.2 Å². The number of benzene rings is 2. The average Bonchev–Trinajstić information content (AvgIpc) is 2.65. The van der Waals surface area contributed by atoms with Crippen molar-refractivity contribution < 1.29 is 4.79 Å².